The number of nitrogens with zero attached hydrogens (tertiary/aromatic N) is 1. The van der Waals surface area contributed by atoms with Crippen LogP contribution in [-0.4, -0.2) is 39.9 Å². The second kappa shape index (κ2) is 9.12. The first-order chi connectivity index (χ1) is 12.7. The first-order valence-corrected chi connectivity index (χ1v) is 10.3. The number of benzene rings is 2. The molecule has 6 nitrogen and oxygen atoms in total. The van der Waals surface area contributed by atoms with Gasteiger partial charge in [-0.2, -0.15) is 0 Å². The van der Waals surface area contributed by atoms with Gasteiger partial charge in [0.1, 0.15) is 0 Å². The number of likely N-dealkylation sites (N-methyl/N-ethyl adjacent to an activating group) is 1. The molecule has 0 unspecified atom stereocenters. The Kier molecular flexibility index (Phi) is 7.12. The summed E-state index contributed by atoms with van der Waals surface area (Å²) in [6.45, 7) is 3.85. The molecule has 0 spiro atoms. The van der Waals surface area contributed by atoms with Gasteiger partial charge in [0, 0.05) is 24.2 Å². The molecule has 1 amide bonds. The van der Waals surface area contributed by atoms with Crippen LogP contribution in [0.3, 0.4) is 0 Å². The van der Waals surface area contributed by atoms with Crippen LogP contribution in [0.15, 0.2) is 59.5 Å². The number of carbonyl (C=O) groups is 1. The van der Waals surface area contributed by atoms with Crippen LogP contribution in [-0.2, 0) is 14.8 Å². The van der Waals surface area contributed by atoms with Crippen molar-refractivity contribution in [1.82, 2.24) is 9.62 Å². The van der Waals surface area contributed by atoms with Gasteiger partial charge in [0.15, 0.2) is 0 Å². The van der Waals surface area contributed by atoms with Crippen molar-refractivity contribution in [3.05, 3.63) is 60.2 Å². The maximum Gasteiger partial charge on any atom is 0.240 e. The number of rotatable bonds is 8. The van der Waals surface area contributed by atoms with Crippen LogP contribution in [0.2, 0.25) is 0 Å². The number of hydrogen-bond acceptors (Lipinski definition) is 4. The molecule has 27 heavy (non-hydrogen) atoms. The summed E-state index contributed by atoms with van der Waals surface area (Å²) in [5, 5.41) is 2.75. The molecule has 0 bridgehead atoms. The molecule has 0 aliphatic rings. The predicted octanol–water partition coefficient (Wildman–Crippen LogP) is 2.86. The van der Waals surface area contributed by atoms with Crippen LogP contribution in [0.4, 0.5) is 5.69 Å². The quantitative estimate of drug-likeness (QED) is 0.728. The summed E-state index contributed by atoms with van der Waals surface area (Å²) < 4.78 is 27.9. The van der Waals surface area contributed by atoms with Crippen LogP contribution < -0.4 is 10.0 Å². The molecule has 0 saturated heterocycles. The molecule has 0 fully saturated rings. The molecule has 2 N–H and O–H groups in total. The van der Waals surface area contributed by atoms with Gasteiger partial charge in [-0.3, -0.25) is 4.79 Å². The number of carbonyl (C=O) groups excluding carboxylic acids is 1. The zero-order chi connectivity index (χ0) is 20.0. The van der Waals surface area contributed by atoms with Gasteiger partial charge in [0.2, 0.25) is 15.9 Å². The van der Waals surface area contributed by atoms with E-state index in [-0.39, 0.29) is 29.3 Å². The van der Waals surface area contributed by atoms with Gasteiger partial charge < -0.3 is 10.2 Å². The summed E-state index contributed by atoms with van der Waals surface area (Å²) in [5.41, 5.74) is 1.61. The van der Waals surface area contributed by atoms with Crippen molar-refractivity contribution in [2.45, 2.75) is 24.8 Å². The summed E-state index contributed by atoms with van der Waals surface area (Å²) in [5.74, 6) is -0.253. The summed E-state index contributed by atoms with van der Waals surface area (Å²) in [4.78, 5) is 13.9. The first-order valence-electron chi connectivity index (χ1n) is 8.82. The van der Waals surface area contributed by atoms with E-state index >= 15 is 0 Å². The molecule has 7 heteroatoms. The molecule has 0 saturated carbocycles. The molecule has 0 aromatic heterocycles. The molecule has 2 rings (SSSR count). The second-order valence-electron chi connectivity index (χ2n) is 6.91. The number of anilines is 1. The van der Waals surface area contributed by atoms with E-state index in [0.717, 1.165) is 5.56 Å². The highest BCUT2D eigenvalue weighted by Crippen LogP contribution is 2.19. The second-order valence-corrected chi connectivity index (χ2v) is 8.68. The minimum Gasteiger partial charge on any atom is -0.326 e. The highest BCUT2D eigenvalue weighted by molar-refractivity contribution is 7.89. The fourth-order valence-corrected chi connectivity index (χ4v) is 3.59. The summed E-state index contributed by atoms with van der Waals surface area (Å²) >= 11 is 0. The Morgan fingerprint density at radius 1 is 1.00 bits per heavy atom. The van der Waals surface area contributed by atoms with Gasteiger partial charge in [-0.15, -0.1) is 0 Å². The van der Waals surface area contributed by atoms with Crippen LogP contribution >= 0.6 is 0 Å². The van der Waals surface area contributed by atoms with E-state index in [4.69, 9.17) is 0 Å². The van der Waals surface area contributed by atoms with Crippen molar-refractivity contribution in [3.8, 4) is 0 Å². The molecule has 2 aromatic carbocycles. The Bertz CT molecular complexity index is 848. The van der Waals surface area contributed by atoms with Crippen LogP contribution in [0.1, 0.15) is 25.5 Å². The topological polar surface area (TPSA) is 78.5 Å². The van der Waals surface area contributed by atoms with E-state index in [2.05, 4.69) is 10.0 Å². The van der Waals surface area contributed by atoms with E-state index in [9.17, 15) is 13.2 Å². The Morgan fingerprint density at radius 2 is 1.59 bits per heavy atom. The van der Waals surface area contributed by atoms with E-state index in [1.54, 1.807) is 26.0 Å². The van der Waals surface area contributed by atoms with Crippen molar-refractivity contribution in [3.63, 3.8) is 0 Å². The maximum absolute atomic E-state index is 12.6. The van der Waals surface area contributed by atoms with Crippen molar-refractivity contribution in [2.24, 2.45) is 5.92 Å². The summed E-state index contributed by atoms with van der Waals surface area (Å²) in [7, 11) is 0.182. The lowest BCUT2D eigenvalue weighted by Crippen LogP contribution is -2.34. The van der Waals surface area contributed by atoms with Crippen LogP contribution in [0.25, 0.3) is 0 Å². The zero-order valence-corrected chi connectivity index (χ0v) is 17.0. The third-order valence-corrected chi connectivity index (χ3v) is 5.67. The van der Waals surface area contributed by atoms with Gasteiger partial charge in [-0.1, -0.05) is 44.2 Å². The molecule has 0 radical (unpaired) electrons. The summed E-state index contributed by atoms with van der Waals surface area (Å²) in [6.07, 6.45) is 0. The average Bonchev–Trinajstić information content (AvgIpc) is 2.62. The SMILES string of the molecule is CC(C)C(=O)Nc1ccc(S(=O)(=O)NC[C@H](c2ccccc2)N(C)C)cc1. The van der Waals surface area contributed by atoms with Gasteiger partial charge in [-0.25, -0.2) is 13.1 Å². The van der Waals surface area contributed by atoms with Crippen molar-refractivity contribution in [2.75, 3.05) is 26.0 Å². The third kappa shape index (κ3) is 5.89. The van der Waals surface area contributed by atoms with Gasteiger partial charge in [-0.05, 0) is 43.9 Å². The summed E-state index contributed by atoms with van der Waals surface area (Å²) in [6, 6.07) is 15.8. The lowest BCUT2D eigenvalue weighted by atomic mass is 10.1. The molecule has 0 aliphatic carbocycles. The number of sulfonamides is 1. The standard InChI is InChI=1S/C20H27N3O3S/c1-15(2)20(24)22-17-10-12-18(13-11-17)27(25,26)21-14-19(23(3)4)16-8-6-5-7-9-16/h5-13,15,19,21H,14H2,1-4H3,(H,22,24)/t19-/m1/s1. The van der Waals surface area contributed by atoms with E-state index in [0.29, 0.717) is 5.69 Å². The highest BCUT2D eigenvalue weighted by atomic mass is 32.2. The molecular formula is C20H27N3O3S. The predicted molar refractivity (Wildman–Crippen MR) is 108 cm³/mol. The van der Waals surface area contributed by atoms with E-state index in [1.807, 2.05) is 49.3 Å². The molecule has 0 aliphatic heterocycles. The van der Waals surface area contributed by atoms with Crippen molar-refractivity contribution < 1.29 is 13.2 Å². The Morgan fingerprint density at radius 3 is 2.11 bits per heavy atom. The lowest BCUT2D eigenvalue weighted by molar-refractivity contribution is -0.118. The van der Waals surface area contributed by atoms with Gasteiger partial charge in [0.25, 0.3) is 0 Å². The maximum atomic E-state index is 12.6. The highest BCUT2D eigenvalue weighted by Gasteiger charge is 2.19. The molecular weight excluding hydrogens is 362 g/mol. The zero-order valence-electron chi connectivity index (χ0n) is 16.1. The fourth-order valence-electron chi connectivity index (χ4n) is 2.55. The van der Waals surface area contributed by atoms with E-state index in [1.165, 1.54) is 12.1 Å². The molecule has 146 valence electrons. The van der Waals surface area contributed by atoms with Crippen molar-refractivity contribution in [1.29, 1.82) is 0 Å². The molecule has 1 atom stereocenters. The van der Waals surface area contributed by atoms with Crippen molar-refractivity contribution >= 4 is 21.6 Å². The Balaban J connectivity index is 2.08. The minimum atomic E-state index is -3.65. The average molecular weight is 390 g/mol. The minimum absolute atomic E-state index is 0.0782. The fraction of sp³-hybridized carbons (Fsp3) is 0.350. The monoisotopic (exact) mass is 389 g/mol. The molecule has 2 aromatic rings. The molecule has 0 heterocycles. The number of nitrogens with one attached hydrogen (secondary N) is 2. The normalized spacial score (nSPS) is 13.0. The Hall–Kier alpha value is -2.22. The van der Waals surface area contributed by atoms with Gasteiger partial charge >= 0.3 is 0 Å². The third-order valence-electron chi connectivity index (χ3n) is 4.23. The smallest absolute Gasteiger partial charge is 0.240 e. The number of hydrogen-bond donors (Lipinski definition) is 2. The van der Waals surface area contributed by atoms with Gasteiger partial charge in [0.05, 0.1) is 4.90 Å². The Labute approximate surface area is 161 Å². The lowest BCUT2D eigenvalue weighted by Gasteiger charge is -2.25. The van der Waals surface area contributed by atoms with Crippen LogP contribution in [0.5, 0.6) is 0 Å². The van der Waals surface area contributed by atoms with E-state index < -0.39 is 10.0 Å². The number of amides is 1. The first kappa shape index (κ1) is 21.1. The van der Waals surface area contributed by atoms with Crippen LogP contribution in [0, 0.1) is 5.92 Å². The largest absolute Gasteiger partial charge is 0.326 e.